The van der Waals surface area contributed by atoms with Gasteiger partial charge in [-0.1, -0.05) is 34.9 Å². The molecule has 1 aliphatic rings. The lowest BCUT2D eigenvalue weighted by atomic mass is 9.85. The van der Waals surface area contributed by atoms with Crippen molar-refractivity contribution in [3.8, 4) is 11.5 Å². The summed E-state index contributed by atoms with van der Waals surface area (Å²) >= 11 is 0. The maximum atomic E-state index is 10.4. The van der Waals surface area contributed by atoms with Gasteiger partial charge in [0, 0.05) is 5.56 Å². The number of ether oxygens (including phenoxy) is 1. The molecule has 1 atom stereocenters. The van der Waals surface area contributed by atoms with Gasteiger partial charge in [-0.25, -0.2) is 0 Å². The fraction of sp³-hybridized carbons (Fsp3) is 0.586. The molecule has 0 unspecified atom stereocenters. The number of rotatable bonds is 9. The van der Waals surface area contributed by atoms with Gasteiger partial charge in [0.2, 0.25) is 0 Å². The van der Waals surface area contributed by atoms with Crippen LogP contribution in [-0.4, -0.2) is 10.7 Å². The Bertz CT molecular complexity index is 865. The van der Waals surface area contributed by atoms with Gasteiger partial charge in [0.05, 0.1) is 0 Å². The Morgan fingerprint density at radius 1 is 0.871 bits per heavy atom. The third-order valence-electron chi connectivity index (χ3n) is 6.88. The van der Waals surface area contributed by atoms with Crippen LogP contribution in [0.4, 0.5) is 0 Å². The largest absolute Gasteiger partial charge is 0.507 e. The molecule has 2 nitrogen and oxygen atoms in total. The fourth-order valence-corrected chi connectivity index (χ4v) is 4.43. The summed E-state index contributed by atoms with van der Waals surface area (Å²) in [5.74, 6) is 1.44. The first-order chi connectivity index (χ1) is 14.5. The molecule has 31 heavy (non-hydrogen) atoms. The highest BCUT2D eigenvalue weighted by Gasteiger charge is 2.33. The Labute approximate surface area is 191 Å². The van der Waals surface area contributed by atoms with E-state index in [1.807, 2.05) is 13.8 Å². The molecule has 0 fully saturated rings. The number of aromatic hydroxyl groups is 1. The van der Waals surface area contributed by atoms with Crippen LogP contribution >= 0.6 is 0 Å². The van der Waals surface area contributed by atoms with Gasteiger partial charge in [-0.15, -0.1) is 0 Å². The van der Waals surface area contributed by atoms with Gasteiger partial charge in [0.1, 0.15) is 17.1 Å². The highest BCUT2D eigenvalue weighted by atomic mass is 16.5. The average molecular weight is 425 g/mol. The lowest BCUT2D eigenvalue weighted by Crippen LogP contribution is -2.37. The van der Waals surface area contributed by atoms with Crippen LogP contribution in [0.1, 0.15) is 102 Å². The minimum absolute atomic E-state index is 0.133. The Morgan fingerprint density at radius 3 is 2.06 bits per heavy atom. The van der Waals surface area contributed by atoms with Crippen LogP contribution in [0.2, 0.25) is 0 Å². The second-order valence-electron chi connectivity index (χ2n) is 10.1. The number of benzene rings is 1. The van der Waals surface area contributed by atoms with Gasteiger partial charge in [-0.3, -0.25) is 0 Å². The number of phenols is 1. The summed E-state index contributed by atoms with van der Waals surface area (Å²) in [7, 11) is 0. The fourth-order valence-electron chi connectivity index (χ4n) is 4.43. The van der Waals surface area contributed by atoms with E-state index in [4.69, 9.17) is 4.74 Å². The maximum absolute atomic E-state index is 10.4. The van der Waals surface area contributed by atoms with E-state index >= 15 is 0 Å². The van der Waals surface area contributed by atoms with E-state index in [2.05, 4.69) is 59.8 Å². The first kappa shape index (κ1) is 25.3. The maximum Gasteiger partial charge on any atom is 0.127 e. The standard InChI is InChI=1S/C29H44O2/c1-20(2)12-9-13-21(3)14-10-15-22(4)16-11-18-29(8)19-17-26-25(7)27(30)23(5)24(6)28(26)31-29/h12,14,16,30H,9-11,13,15,17-19H2,1-8H3/t29-/m0/s1. The Kier molecular flexibility index (Phi) is 9.03. The van der Waals surface area contributed by atoms with E-state index in [0.717, 1.165) is 67.4 Å². The van der Waals surface area contributed by atoms with Gasteiger partial charge in [0.25, 0.3) is 0 Å². The van der Waals surface area contributed by atoms with E-state index in [9.17, 15) is 5.11 Å². The first-order valence-electron chi connectivity index (χ1n) is 12.0. The van der Waals surface area contributed by atoms with Crippen molar-refractivity contribution in [1.29, 1.82) is 0 Å². The predicted octanol–water partition coefficient (Wildman–Crippen LogP) is 8.60. The number of hydrogen-bond acceptors (Lipinski definition) is 2. The third-order valence-corrected chi connectivity index (χ3v) is 6.88. The summed E-state index contributed by atoms with van der Waals surface area (Å²) in [5, 5.41) is 10.4. The van der Waals surface area contributed by atoms with Gasteiger partial charge >= 0.3 is 0 Å². The van der Waals surface area contributed by atoms with E-state index in [1.54, 1.807) is 0 Å². The predicted molar refractivity (Wildman–Crippen MR) is 134 cm³/mol. The van der Waals surface area contributed by atoms with Crippen molar-refractivity contribution < 1.29 is 9.84 Å². The normalized spacial score (nSPS) is 19.1. The SMILES string of the molecule is CC(C)=CCCC(C)=CCCC(C)=CCC[C@@]1(C)CCc2c(C)c(O)c(C)c(C)c2O1. The second-order valence-corrected chi connectivity index (χ2v) is 10.1. The summed E-state index contributed by atoms with van der Waals surface area (Å²) in [6.45, 7) is 17.1. The van der Waals surface area contributed by atoms with Gasteiger partial charge < -0.3 is 9.84 Å². The lowest BCUT2D eigenvalue weighted by molar-refractivity contribution is 0.0558. The number of hydrogen-bond donors (Lipinski definition) is 1. The molecule has 0 amide bonds. The molecule has 2 heteroatoms. The average Bonchev–Trinajstić information content (AvgIpc) is 2.70. The lowest BCUT2D eigenvalue weighted by Gasteiger charge is -2.38. The molecule has 2 rings (SSSR count). The van der Waals surface area contributed by atoms with Crippen molar-refractivity contribution in [2.75, 3.05) is 0 Å². The second kappa shape index (κ2) is 11.1. The molecule has 1 aliphatic heterocycles. The molecule has 0 spiro atoms. The molecule has 1 N–H and O–H groups in total. The molecule has 0 bridgehead atoms. The molecule has 172 valence electrons. The molecule has 1 aromatic carbocycles. The van der Waals surface area contributed by atoms with Crippen molar-refractivity contribution in [2.45, 2.75) is 112 Å². The van der Waals surface area contributed by atoms with Crippen LogP contribution in [0.5, 0.6) is 11.5 Å². The molecule has 0 saturated heterocycles. The molecular formula is C29H44O2. The quantitative estimate of drug-likeness (QED) is 0.402. The number of phenolic OH excluding ortho intramolecular Hbond substituents is 1. The highest BCUT2D eigenvalue weighted by molar-refractivity contribution is 5.58. The zero-order valence-corrected chi connectivity index (χ0v) is 21.2. The van der Waals surface area contributed by atoms with Crippen molar-refractivity contribution in [2.24, 2.45) is 0 Å². The van der Waals surface area contributed by atoms with E-state index < -0.39 is 0 Å². The molecule has 0 radical (unpaired) electrons. The zero-order valence-electron chi connectivity index (χ0n) is 21.2. The van der Waals surface area contributed by atoms with Crippen molar-refractivity contribution in [1.82, 2.24) is 0 Å². The van der Waals surface area contributed by atoms with Crippen molar-refractivity contribution >= 4 is 0 Å². The topological polar surface area (TPSA) is 29.5 Å². The first-order valence-corrected chi connectivity index (χ1v) is 12.0. The van der Waals surface area contributed by atoms with Gasteiger partial charge in [0.15, 0.2) is 0 Å². The van der Waals surface area contributed by atoms with E-state index in [1.165, 1.54) is 28.7 Å². The molecule has 1 aromatic rings. The minimum Gasteiger partial charge on any atom is -0.507 e. The van der Waals surface area contributed by atoms with E-state index in [-0.39, 0.29) is 5.60 Å². The van der Waals surface area contributed by atoms with Crippen LogP contribution in [0.3, 0.4) is 0 Å². The number of allylic oxidation sites excluding steroid dienone is 6. The Hall–Kier alpha value is -1.96. The van der Waals surface area contributed by atoms with Gasteiger partial charge in [-0.05, 0) is 123 Å². The summed E-state index contributed by atoms with van der Waals surface area (Å²) in [5.41, 5.74) is 8.45. The summed E-state index contributed by atoms with van der Waals surface area (Å²) < 4.78 is 6.56. The molecule has 0 aromatic heterocycles. The third kappa shape index (κ3) is 7.02. The monoisotopic (exact) mass is 424 g/mol. The van der Waals surface area contributed by atoms with Crippen LogP contribution in [-0.2, 0) is 6.42 Å². The highest BCUT2D eigenvalue weighted by Crippen LogP contribution is 2.44. The smallest absolute Gasteiger partial charge is 0.127 e. The van der Waals surface area contributed by atoms with Crippen LogP contribution in [0, 0.1) is 20.8 Å². The number of fused-ring (bicyclic) bond motifs is 1. The van der Waals surface area contributed by atoms with Gasteiger partial charge in [-0.2, -0.15) is 0 Å². The van der Waals surface area contributed by atoms with Crippen LogP contribution in [0.15, 0.2) is 34.9 Å². The molecular weight excluding hydrogens is 380 g/mol. The molecule has 0 aliphatic carbocycles. The van der Waals surface area contributed by atoms with Crippen molar-refractivity contribution in [3.63, 3.8) is 0 Å². The molecule has 1 heterocycles. The summed E-state index contributed by atoms with van der Waals surface area (Å²) in [4.78, 5) is 0. The Balaban J connectivity index is 1.88. The van der Waals surface area contributed by atoms with Crippen LogP contribution < -0.4 is 4.74 Å². The summed E-state index contributed by atoms with van der Waals surface area (Å²) in [6, 6.07) is 0. The minimum atomic E-state index is -0.133. The van der Waals surface area contributed by atoms with Crippen LogP contribution in [0.25, 0.3) is 0 Å². The van der Waals surface area contributed by atoms with E-state index in [0.29, 0.717) is 5.75 Å². The molecule has 0 saturated carbocycles. The van der Waals surface area contributed by atoms with Crippen molar-refractivity contribution in [3.05, 3.63) is 57.2 Å². The zero-order chi connectivity index (χ0) is 23.2. The Morgan fingerprint density at radius 2 is 1.45 bits per heavy atom. The summed E-state index contributed by atoms with van der Waals surface area (Å²) in [6.07, 6.45) is 15.8.